The lowest BCUT2D eigenvalue weighted by Gasteiger charge is -2.39. The van der Waals surface area contributed by atoms with E-state index in [2.05, 4.69) is 17.4 Å². The number of oxime groups is 1. The predicted octanol–water partition coefficient (Wildman–Crippen LogP) is 1.22. The van der Waals surface area contributed by atoms with Crippen LogP contribution in [0.25, 0.3) is 0 Å². The van der Waals surface area contributed by atoms with Gasteiger partial charge in [-0.2, -0.15) is 0 Å². The molecule has 20 heavy (non-hydrogen) atoms. The van der Waals surface area contributed by atoms with E-state index in [-0.39, 0.29) is 17.7 Å². The molecule has 2 unspecified atom stereocenters. The van der Waals surface area contributed by atoms with Crippen LogP contribution < -0.4 is 11.1 Å². The molecule has 2 atom stereocenters. The number of nitrogens with two attached hydrogens (primary N) is 1. The van der Waals surface area contributed by atoms with Crippen molar-refractivity contribution in [3.8, 4) is 0 Å². The first kappa shape index (κ1) is 15.1. The van der Waals surface area contributed by atoms with Crippen LogP contribution in [0.1, 0.15) is 46.0 Å². The second kappa shape index (κ2) is 5.99. The van der Waals surface area contributed by atoms with Gasteiger partial charge in [0.15, 0.2) is 5.84 Å². The Labute approximate surface area is 119 Å². The van der Waals surface area contributed by atoms with Crippen LogP contribution in [0.5, 0.6) is 0 Å². The van der Waals surface area contributed by atoms with Crippen molar-refractivity contribution < 1.29 is 14.7 Å². The van der Waals surface area contributed by atoms with E-state index in [9.17, 15) is 4.79 Å². The van der Waals surface area contributed by atoms with Gasteiger partial charge in [0, 0.05) is 6.61 Å². The van der Waals surface area contributed by atoms with Gasteiger partial charge < -0.3 is 21.0 Å². The molecule has 6 heteroatoms. The highest BCUT2D eigenvalue weighted by molar-refractivity contribution is 5.95. The Hall–Kier alpha value is -1.30. The molecule has 1 aliphatic heterocycles. The second-order valence-corrected chi connectivity index (χ2v) is 6.30. The van der Waals surface area contributed by atoms with Gasteiger partial charge in [0.1, 0.15) is 11.6 Å². The fraction of sp³-hybridized carbons (Fsp3) is 0.857. The molecule has 0 aromatic carbocycles. The quantitative estimate of drug-likeness (QED) is 0.314. The summed E-state index contributed by atoms with van der Waals surface area (Å²) in [7, 11) is 0. The molecule has 1 amide bonds. The molecule has 0 bridgehead atoms. The molecule has 0 aromatic heterocycles. The molecule has 1 heterocycles. The van der Waals surface area contributed by atoms with Crippen molar-refractivity contribution in [3.05, 3.63) is 0 Å². The van der Waals surface area contributed by atoms with Crippen LogP contribution >= 0.6 is 0 Å². The third-order valence-corrected chi connectivity index (χ3v) is 4.73. The minimum absolute atomic E-state index is 0.100. The highest BCUT2D eigenvalue weighted by atomic mass is 16.5. The summed E-state index contributed by atoms with van der Waals surface area (Å²) in [6.07, 6.45) is 3.80. The van der Waals surface area contributed by atoms with E-state index in [1.54, 1.807) is 0 Å². The largest absolute Gasteiger partial charge is 0.409 e. The Balaban J connectivity index is 2.10. The van der Waals surface area contributed by atoms with Crippen LogP contribution in [0.2, 0.25) is 0 Å². The van der Waals surface area contributed by atoms with Crippen LogP contribution in [0.3, 0.4) is 0 Å². The molecule has 1 aliphatic carbocycles. The van der Waals surface area contributed by atoms with Gasteiger partial charge >= 0.3 is 0 Å². The topological polar surface area (TPSA) is 96.9 Å². The Bertz CT molecular complexity index is 389. The highest BCUT2D eigenvalue weighted by Crippen LogP contribution is 2.33. The second-order valence-electron chi connectivity index (χ2n) is 6.30. The summed E-state index contributed by atoms with van der Waals surface area (Å²) in [4.78, 5) is 12.4. The smallest absolute Gasteiger partial charge is 0.250 e. The van der Waals surface area contributed by atoms with Crippen molar-refractivity contribution in [1.82, 2.24) is 5.32 Å². The van der Waals surface area contributed by atoms with E-state index in [0.29, 0.717) is 25.4 Å². The van der Waals surface area contributed by atoms with Crippen LogP contribution in [-0.2, 0) is 9.53 Å². The van der Waals surface area contributed by atoms with Crippen LogP contribution in [0.4, 0.5) is 0 Å². The Morgan fingerprint density at radius 3 is 2.50 bits per heavy atom. The highest BCUT2D eigenvalue weighted by Gasteiger charge is 2.42. The first-order valence-electron chi connectivity index (χ1n) is 7.40. The van der Waals surface area contributed by atoms with E-state index in [4.69, 9.17) is 15.7 Å². The van der Waals surface area contributed by atoms with Gasteiger partial charge in [-0.3, -0.25) is 4.79 Å². The first-order chi connectivity index (χ1) is 9.48. The number of hydrogen-bond acceptors (Lipinski definition) is 4. The molecular weight excluding hydrogens is 258 g/mol. The fourth-order valence-electron chi connectivity index (χ4n) is 3.13. The fourth-order valence-corrected chi connectivity index (χ4v) is 3.13. The molecule has 2 aliphatic rings. The van der Waals surface area contributed by atoms with Gasteiger partial charge in [-0.1, -0.05) is 19.0 Å². The molecule has 6 nitrogen and oxygen atoms in total. The monoisotopic (exact) mass is 283 g/mol. The van der Waals surface area contributed by atoms with Crippen molar-refractivity contribution in [1.29, 1.82) is 0 Å². The Morgan fingerprint density at radius 1 is 1.35 bits per heavy atom. The van der Waals surface area contributed by atoms with E-state index in [1.165, 1.54) is 0 Å². The summed E-state index contributed by atoms with van der Waals surface area (Å²) >= 11 is 0. The van der Waals surface area contributed by atoms with E-state index in [1.807, 2.05) is 6.92 Å². The molecule has 1 saturated carbocycles. The Kier molecular flexibility index (Phi) is 4.52. The maximum atomic E-state index is 12.4. The molecular formula is C14H25N3O3. The summed E-state index contributed by atoms with van der Waals surface area (Å²) in [5, 5.41) is 15.2. The number of amides is 1. The number of nitrogens with zero attached hydrogens (tertiary/aromatic N) is 1. The molecule has 2 fully saturated rings. The molecule has 2 rings (SSSR count). The molecule has 0 spiro atoms. The lowest BCUT2D eigenvalue weighted by molar-refractivity contribution is -0.133. The van der Waals surface area contributed by atoms with Crippen molar-refractivity contribution >= 4 is 11.7 Å². The van der Waals surface area contributed by atoms with Gasteiger partial charge in [-0.15, -0.1) is 0 Å². The standard InChI is InChI=1S/C14H25N3O3/c1-9-3-6-14(7-4-9,13(15)17-19)16-12(18)11-10(2)5-8-20-11/h9-11,19H,3-8H2,1-2H3,(H2,15,17)(H,16,18). The zero-order chi connectivity index (χ0) is 14.8. The summed E-state index contributed by atoms with van der Waals surface area (Å²) in [6, 6.07) is 0. The molecule has 0 radical (unpaired) electrons. The van der Waals surface area contributed by atoms with Crippen LogP contribution in [0, 0.1) is 11.8 Å². The number of carbonyl (C=O) groups is 1. The number of carbonyl (C=O) groups excluding carboxylic acids is 1. The third kappa shape index (κ3) is 2.90. The maximum absolute atomic E-state index is 12.4. The van der Waals surface area contributed by atoms with Gasteiger partial charge in [0.05, 0.1) is 0 Å². The third-order valence-electron chi connectivity index (χ3n) is 4.73. The van der Waals surface area contributed by atoms with Crippen LogP contribution in [-0.4, -0.2) is 35.2 Å². The van der Waals surface area contributed by atoms with Crippen molar-refractivity contribution in [2.24, 2.45) is 22.7 Å². The normalized spacial score (nSPS) is 38.7. The number of ether oxygens (including phenoxy) is 1. The van der Waals surface area contributed by atoms with E-state index >= 15 is 0 Å². The van der Waals surface area contributed by atoms with E-state index in [0.717, 1.165) is 19.3 Å². The van der Waals surface area contributed by atoms with Gasteiger partial charge in [0.25, 0.3) is 0 Å². The summed E-state index contributed by atoms with van der Waals surface area (Å²) in [5.74, 6) is 0.773. The summed E-state index contributed by atoms with van der Waals surface area (Å²) < 4.78 is 5.49. The van der Waals surface area contributed by atoms with Crippen molar-refractivity contribution in [3.63, 3.8) is 0 Å². The van der Waals surface area contributed by atoms with Gasteiger partial charge in [-0.25, -0.2) is 0 Å². The predicted molar refractivity (Wildman–Crippen MR) is 75.4 cm³/mol. The average Bonchev–Trinajstić information content (AvgIpc) is 2.87. The Morgan fingerprint density at radius 2 is 2.00 bits per heavy atom. The minimum Gasteiger partial charge on any atom is -0.409 e. The molecule has 4 N–H and O–H groups in total. The molecule has 0 aromatic rings. The molecule has 1 saturated heterocycles. The number of nitrogens with one attached hydrogen (secondary N) is 1. The minimum atomic E-state index is -0.718. The first-order valence-corrected chi connectivity index (χ1v) is 7.40. The van der Waals surface area contributed by atoms with Crippen molar-refractivity contribution in [2.45, 2.75) is 57.6 Å². The SMILES string of the molecule is CC1CCC(NC(=O)C2OCCC2C)(C(N)=NO)CC1. The van der Waals surface area contributed by atoms with Gasteiger partial charge in [-0.05, 0) is 43.9 Å². The molecule has 114 valence electrons. The maximum Gasteiger partial charge on any atom is 0.250 e. The van der Waals surface area contributed by atoms with Crippen LogP contribution in [0.15, 0.2) is 5.16 Å². The number of hydrogen-bond donors (Lipinski definition) is 3. The summed E-state index contributed by atoms with van der Waals surface area (Å²) in [6.45, 7) is 4.81. The number of amidine groups is 1. The average molecular weight is 283 g/mol. The summed E-state index contributed by atoms with van der Waals surface area (Å²) in [5.41, 5.74) is 5.14. The van der Waals surface area contributed by atoms with Gasteiger partial charge in [0.2, 0.25) is 5.91 Å². The zero-order valence-corrected chi connectivity index (χ0v) is 12.3. The van der Waals surface area contributed by atoms with Crippen molar-refractivity contribution in [2.75, 3.05) is 6.61 Å². The number of rotatable bonds is 3. The lowest BCUT2D eigenvalue weighted by Crippen LogP contribution is -2.61. The van der Waals surface area contributed by atoms with E-state index < -0.39 is 11.6 Å². The zero-order valence-electron chi connectivity index (χ0n) is 12.3. The lowest BCUT2D eigenvalue weighted by atomic mass is 9.76.